The minimum Gasteiger partial charge on any atom is -0.444 e. The number of hydrogen-bond acceptors (Lipinski definition) is 5. The van der Waals surface area contributed by atoms with Crippen molar-refractivity contribution >= 4 is 23.8 Å². The number of amides is 4. The standard InChI is InChI=1S/C30H40N4O5/c1-7-15-34(28(37)24(13-14-25(31)35)33-29(38)39-30(4,5)6)26(23-17-20(2)16-21(3)18-23)27(36)32-19-22-11-9-8-10-12-22/h7-12,16-18,24,26H,1,13-15,19H2,2-6H3,(H2,31,35)(H,32,36)(H,33,38). The molecule has 2 aromatic carbocycles. The first kappa shape index (κ1) is 31.1. The fraction of sp³-hybridized carbons (Fsp3) is 0.400. The molecule has 0 aliphatic heterocycles. The van der Waals surface area contributed by atoms with Gasteiger partial charge < -0.3 is 26.0 Å². The van der Waals surface area contributed by atoms with Gasteiger partial charge in [-0.15, -0.1) is 6.58 Å². The van der Waals surface area contributed by atoms with Crippen LogP contribution in [0.1, 0.15) is 61.9 Å². The van der Waals surface area contributed by atoms with Crippen LogP contribution in [-0.2, 0) is 25.7 Å². The Hall–Kier alpha value is -4.14. The fourth-order valence-electron chi connectivity index (χ4n) is 4.18. The van der Waals surface area contributed by atoms with Crippen LogP contribution in [-0.4, -0.2) is 46.9 Å². The van der Waals surface area contributed by atoms with Crippen molar-refractivity contribution in [3.05, 3.63) is 83.4 Å². The third-order valence-corrected chi connectivity index (χ3v) is 5.71. The fourth-order valence-corrected chi connectivity index (χ4v) is 4.18. The van der Waals surface area contributed by atoms with E-state index in [1.165, 1.54) is 11.0 Å². The normalized spacial score (nSPS) is 12.5. The first-order valence-corrected chi connectivity index (χ1v) is 12.9. The first-order valence-electron chi connectivity index (χ1n) is 12.9. The highest BCUT2D eigenvalue weighted by atomic mass is 16.6. The Morgan fingerprint density at radius 3 is 2.21 bits per heavy atom. The Labute approximate surface area is 230 Å². The number of rotatable bonds is 12. The molecule has 0 aliphatic carbocycles. The third kappa shape index (κ3) is 10.3. The Morgan fingerprint density at radius 2 is 1.67 bits per heavy atom. The number of ether oxygens (including phenoxy) is 1. The van der Waals surface area contributed by atoms with Crippen LogP contribution in [0, 0.1) is 13.8 Å². The Morgan fingerprint density at radius 1 is 1.05 bits per heavy atom. The van der Waals surface area contributed by atoms with Crippen LogP contribution in [0.5, 0.6) is 0 Å². The van der Waals surface area contributed by atoms with Crippen molar-refractivity contribution in [1.29, 1.82) is 0 Å². The van der Waals surface area contributed by atoms with Gasteiger partial charge in [-0.05, 0) is 52.2 Å². The highest BCUT2D eigenvalue weighted by Gasteiger charge is 2.36. The van der Waals surface area contributed by atoms with Gasteiger partial charge in [0.1, 0.15) is 17.7 Å². The van der Waals surface area contributed by atoms with E-state index in [0.717, 1.165) is 16.7 Å². The number of carbonyl (C=O) groups excluding carboxylic acids is 4. The molecule has 2 unspecified atom stereocenters. The largest absolute Gasteiger partial charge is 0.444 e. The van der Waals surface area contributed by atoms with Crippen LogP contribution in [0.3, 0.4) is 0 Å². The summed E-state index contributed by atoms with van der Waals surface area (Å²) in [5.41, 5.74) is 7.90. The zero-order valence-electron chi connectivity index (χ0n) is 23.5. The summed E-state index contributed by atoms with van der Waals surface area (Å²) in [5, 5.41) is 5.51. The molecule has 4 amide bonds. The van der Waals surface area contributed by atoms with Crippen molar-refractivity contribution in [3.8, 4) is 0 Å². The third-order valence-electron chi connectivity index (χ3n) is 5.71. The van der Waals surface area contributed by atoms with E-state index in [4.69, 9.17) is 10.5 Å². The highest BCUT2D eigenvalue weighted by molar-refractivity contribution is 5.92. The second-order valence-corrected chi connectivity index (χ2v) is 10.5. The van der Waals surface area contributed by atoms with Crippen molar-refractivity contribution in [2.24, 2.45) is 5.73 Å². The summed E-state index contributed by atoms with van der Waals surface area (Å²) < 4.78 is 5.34. The smallest absolute Gasteiger partial charge is 0.408 e. The molecule has 9 nitrogen and oxygen atoms in total. The molecule has 4 N–H and O–H groups in total. The number of carbonyl (C=O) groups is 4. The molecule has 0 spiro atoms. The molecule has 0 bridgehead atoms. The van der Waals surface area contributed by atoms with Gasteiger partial charge in [0.2, 0.25) is 17.7 Å². The molecule has 2 aromatic rings. The molecule has 210 valence electrons. The van der Waals surface area contributed by atoms with Gasteiger partial charge in [-0.25, -0.2) is 4.79 Å². The predicted octanol–water partition coefficient (Wildman–Crippen LogP) is 3.83. The first-order chi connectivity index (χ1) is 18.3. The van der Waals surface area contributed by atoms with E-state index in [1.54, 1.807) is 20.8 Å². The number of alkyl carbamates (subject to hydrolysis) is 1. The number of nitrogens with zero attached hydrogens (tertiary/aromatic N) is 1. The molecule has 0 radical (unpaired) electrons. The molecular weight excluding hydrogens is 496 g/mol. The second kappa shape index (κ2) is 14.1. The lowest BCUT2D eigenvalue weighted by atomic mass is 9.98. The number of benzene rings is 2. The van der Waals surface area contributed by atoms with E-state index >= 15 is 0 Å². The van der Waals surface area contributed by atoms with Gasteiger partial charge in [0.05, 0.1) is 0 Å². The van der Waals surface area contributed by atoms with E-state index in [-0.39, 0.29) is 25.9 Å². The minimum atomic E-state index is -1.16. The second-order valence-electron chi connectivity index (χ2n) is 10.5. The predicted molar refractivity (Wildman–Crippen MR) is 150 cm³/mol. The minimum absolute atomic E-state index is 0.0122. The number of aryl methyl sites for hydroxylation is 2. The zero-order valence-corrected chi connectivity index (χ0v) is 23.5. The molecule has 0 saturated heterocycles. The summed E-state index contributed by atoms with van der Waals surface area (Å²) in [7, 11) is 0. The summed E-state index contributed by atoms with van der Waals surface area (Å²) >= 11 is 0. The number of primary amides is 1. The summed E-state index contributed by atoms with van der Waals surface area (Å²) in [6.45, 7) is 13.0. The van der Waals surface area contributed by atoms with Gasteiger partial charge in [-0.1, -0.05) is 65.7 Å². The van der Waals surface area contributed by atoms with Crippen LogP contribution >= 0.6 is 0 Å². The van der Waals surface area contributed by atoms with Crippen LogP contribution in [0.4, 0.5) is 4.79 Å². The molecule has 39 heavy (non-hydrogen) atoms. The van der Waals surface area contributed by atoms with Crippen LogP contribution < -0.4 is 16.4 Å². The monoisotopic (exact) mass is 536 g/mol. The Balaban J connectivity index is 2.49. The van der Waals surface area contributed by atoms with Gasteiger partial charge in [0, 0.05) is 19.5 Å². The molecule has 9 heteroatoms. The molecule has 0 aromatic heterocycles. The quantitative estimate of drug-likeness (QED) is 0.355. The summed E-state index contributed by atoms with van der Waals surface area (Å²) in [6, 6.07) is 12.9. The van der Waals surface area contributed by atoms with Gasteiger partial charge in [0.15, 0.2) is 0 Å². The lowest BCUT2D eigenvalue weighted by Crippen LogP contribution is -2.53. The van der Waals surface area contributed by atoms with Gasteiger partial charge in [0.25, 0.3) is 0 Å². The Bertz CT molecular complexity index is 1150. The Kier molecular flexibility index (Phi) is 11.3. The van der Waals surface area contributed by atoms with E-state index < -0.39 is 41.5 Å². The molecule has 2 rings (SSSR count). The number of hydrogen-bond donors (Lipinski definition) is 3. The molecule has 0 saturated carbocycles. The van der Waals surface area contributed by atoms with Crippen molar-refractivity contribution in [1.82, 2.24) is 15.5 Å². The van der Waals surface area contributed by atoms with Gasteiger partial charge in [-0.3, -0.25) is 14.4 Å². The van der Waals surface area contributed by atoms with Crippen molar-refractivity contribution in [2.75, 3.05) is 6.54 Å². The van der Waals surface area contributed by atoms with Gasteiger partial charge >= 0.3 is 6.09 Å². The molecule has 0 aliphatic rings. The maximum Gasteiger partial charge on any atom is 0.408 e. The molecule has 2 atom stereocenters. The summed E-state index contributed by atoms with van der Waals surface area (Å²) in [5.74, 6) is -1.59. The average Bonchev–Trinajstić information content (AvgIpc) is 2.83. The van der Waals surface area contributed by atoms with E-state index in [1.807, 2.05) is 62.4 Å². The van der Waals surface area contributed by atoms with Crippen molar-refractivity contribution in [2.45, 2.75) is 71.7 Å². The highest BCUT2D eigenvalue weighted by Crippen LogP contribution is 2.26. The number of nitrogens with two attached hydrogens (primary N) is 1. The van der Waals surface area contributed by atoms with E-state index in [2.05, 4.69) is 17.2 Å². The van der Waals surface area contributed by atoms with Crippen LogP contribution in [0.25, 0.3) is 0 Å². The number of nitrogens with one attached hydrogen (secondary N) is 2. The van der Waals surface area contributed by atoms with Crippen LogP contribution in [0.15, 0.2) is 61.2 Å². The molecule has 0 heterocycles. The SMILES string of the molecule is C=CCN(C(=O)C(CCC(N)=O)NC(=O)OC(C)(C)C)C(C(=O)NCc1ccccc1)c1cc(C)cc(C)c1. The lowest BCUT2D eigenvalue weighted by Gasteiger charge is -2.34. The van der Waals surface area contributed by atoms with E-state index in [9.17, 15) is 19.2 Å². The topological polar surface area (TPSA) is 131 Å². The molecule has 0 fully saturated rings. The maximum absolute atomic E-state index is 14.0. The van der Waals surface area contributed by atoms with Crippen molar-refractivity contribution in [3.63, 3.8) is 0 Å². The van der Waals surface area contributed by atoms with Gasteiger partial charge in [-0.2, -0.15) is 0 Å². The zero-order chi connectivity index (χ0) is 29.2. The van der Waals surface area contributed by atoms with E-state index in [0.29, 0.717) is 5.56 Å². The van der Waals surface area contributed by atoms with Crippen LogP contribution in [0.2, 0.25) is 0 Å². The lowest BCUT2D eigenvalue weighted by molar-refractivity contribution is -0.142. The maximum atomic E-state index is 14.0. The molecular formula is C30H40N4O5. The summed E-state index contributed by atoms with van der Waals surface area (Å²) in [4.78, 5) is 53.2. The van der Waals surface area contributed by atoms with Crippen molar-refractivity contribution < 1.29 is 23.9 Å². The summed E-state index contributed by atoms with van der Waals surface area (Å²) in [6.07, 6.45) is 0.478. The average molecular weight is 537 g/mol.